The van der Waals surface area contributed by atoms with Gasteiger partial charge in [0.25, 0.3) is 0 Å². The number of anilines is 4. The largest absolute Gasteiger partial charge is 0.370 e. The lowest BCUT2D eigenvalue weighted by Crippen LogP contribution is -2.48. The van der Waals surface area contributed by atoms with Crippen molar-refractivity contribution < 1.29 is 0 Å². The fraction of sp³-hybridized carbons (Fsp3) is 0.536. The molecule has 0 amide bonds. The van der Waals surface area contributed by atoms with Crippen molar-refractivity contribution in [3.8, 4) is 0 Å². The zero-order chi connectivity index (χ0) is 24.5. The minimum Gasteiger partial charge on any atom is -0.370 e. The summed E-state index contributed by atoms with van der Waals surface area (Å²) in [4.78, 5) is 19.0. The van der Waals surface area contributed by atoms with Gasteiger partial charge in [0.2, 0.25) is 5.95 Å². The third-order valence-electron chi connectivity index (χ3n) is 7.75. The fourth-order valence-corrected chi connectivity index (χ4v) is 6.03. The molecule has 2 saturated heterocycles. The Balaban J connectivity index is 1.40. The molecule has 0 spiro atoms. The predicted octanol–water partition coefficient (Wildman–Crippen LogP) is 6.17. The second-order valence-electron chi connectivity index (χ2n) is 10.7. The summed E-state index contributed by atoms with van der Waals surface area (Å²) in [5.41, 5.74) is 2.66. The zero-order valence-corrected chi connectivity index (χ0v) is 22.5. The molecule has 0 aliphatic carbocycles. The average Bonchev–Trinajstić information content (AvgIpc) is 2.82. The van der Waals surface area contributed by atoms with E-state index in [4.69, 9.17) is 9.97 Å². The van der Waals surface area contributed by atoms with Crippen molar-refractivity contribution in [1.29, 1.82) is 0 Å². The third-order valence-corrected chi connectivity index (χ3v) is 8.55. The van der Waals surface area contributed by atoms with E-state index in [1.165, 1.54) is 34.2 Å². The summed E-state index contributed by atoms with van der Waals surface area (Å²) in [6.07, 6.45) is 7.27. The molecule has 3 aromatic rings. The van der Waals surface area contributed by atoms with Crippen LogP contribution in [0, 0.1) is 17.8 Å². The standard InChI is InChI=1S/C28H38N6S/c1-18(2)22-6-7-25(34-15-21(16-34)17-35-5)24-13-30-27(12-23(22)24)31-26-8-10-29-28(32-26)33-11-9-19(3)20(4)14-33/h6-8,10,12-13,18-21H,9,11,14-17H2,1-5H3,(H,29,30,31,32). The van der Waals surface area contributed by atoms with E-state index in [-0.39, 0.29) is 0 Å². The van der Waals surface area contributed by atoms with Crippen LogP contribution in [0.5, 0.6) is 0 Å². The van der Waals surface area contributed by atoms with Gasteiger partial charge in [0.1, 0.15) is 11.6 Å². The quantitative estimate of drug-likeness (QED) is 0.425. The van der Waals surface area contributed by atoms with Crippen LogP contribution in [0.1, 0.15) is 45.6 Å². The van der Waals surface area contributed by atoms with Crippen LogP contribution in [-0.4, -0.2) is 53.1 Å². The Morgan fingerprint density at radius 1 is 1.00 bits per heavy atom. The number of benzene rings is 1. The number of thioether (sulfide) groups is 1. The number of pyridine rings is 1. The predicted molar refractivity (Wildman–Crippen MR) is 150 cm³/mol. The smallest absolute Gasteiger partial charge is 0.227 e. The number of nitrogens with zero attached hydrogens (tertiary/aromatic N) is 5. The van der Waals surface area contributed by atoms with Gasteiger partial charge in [-0.25, -0.2) is 9.97 Å². The lowest BCUT2D eigenvalue weighted by atomic mass is 9.89. The Kier molecular flexibility index (Phi) is 7.05. The van der Waals surface area contributed by atoms with E-state index >= 15 is 0 Å². The number of nitrogens with one attached hydrogen (secondary N) is 1. The van der Waals surface area contributed by atoms with Gasteiger partial charge in [0.05, 0.1) is 0 Å². The fourth-order valence-electron chi connectivity index (χ4n) is 5.35. The Morgan fingerprint density at radius 3 is 2.57 bits per heavy atom. The molecule has 1 aromatic carbocycles. The van der Waals surface area contributed by atoms with Gasteiger partial charge in [-0.2, -0.15) is 16.7 Å². The normalized spacial score (nSPS) is 21.0. The van der Waals surface area contributed by atoms with Gasteiger partial charge in [-0.05, 0) is 65.3 Å². The number of rotatable bonds is 7. The van der Waals surface area contributed by atoms with E-state index in [2.05, 4.69) is 72.3 Å². The molecule has 2 fully saturated rings. The van der Waals surface area contributed by atoms with Crippen LogP contribution in [-0.2, 0) is 0 Å². The Bertz CT molecular complexity index is 1180. The molecule has 35 heavy (non-hydrogen) atoms. The summed E-state index contributed by atoms with van der Waals surface area (Å²) in [7, 11) is 0. The summed E-state index contributed by atoms with van der Waals surface area (Å²) in [6.45, 7) is 13.5. The highest BCUT2D eigenvalue weighted by molar-refractivity contribution is 7.98. The van der Waals surface area contributed by atoms with Crippen LogP contribution < -0.4 is 15.1 Å². The lowest BCUT2D eigenvalue weighted by Gasteiger charge is -2.41. The lowest BCUT2D eigenvalue weighted by molar-refractivity contribution is 0.321. The second kappa shape index (κ2) is 10.2. The van der Waals surface area contributed by atoms with Crippen LogP contribution in [0.4, 0.5) is 23.3 Å². The molecule has 186 valence electrons. The molecule has 0 radical (unpaired) electrons. The first-order valence-electron chi connectivity index (χ1n) is 12.9. The van der Waals surface area contributed by atoms with Crippen molar-refractivity contribution in [2.45, 2.75) is 40.0 Å². The second-order valence-corrected chi connectivity index (χ2v) is 11.6. The van der Waals surface area contributed by atoms with Crippen molar-refractivity contribution in [1.82, 2.24) is 15.0 Å². The molecule has 6 nitrogen and oxygen atoms in total. The molecule has 7 heteroatoms. The van der Waals surface area contributed by atoms with Crippen LogP contribution >= 0.6 is 11.8 Å². The van der Waals surface area contributed by atoms with E-state index in [0.717, 1.165) is 55.6 Å². The monoisotopic (exact) mass is 490 g/mol. The highest BCUT2D eigenvalue weighted by Gasteiger charge is 2.28. The maximum Gasteiger partial charge on any atom is 0.227 e. The van der Waals surface area contributed by atoms with Crippen molar-refractivity contribution >= 4 is 45.8 Å². The molecule has 2 aliphatic heterocycles. The van der Waals surface area contributed by atoms with Gasteiger partial charge in [-0.3, -0.25) is 0 Å². The molecule has 2 unspecified atom stereocenters. The summed E-state index contributed by atoms with van der Waals surface area (Å²) in [5, 5.41) is 5.97. The average molecular weight is 491 g/mol. The SMILES string of the molecule is CSCC1CN(c2ccc(C(C)C)c3cc(Nc4ccnc(N5CCC(C)C(C)C5)n4)ncc23)C1. The Hall–Kier alpha value is -2.54. The first-order chi connectivity index (χ1) is 16.9. The molecular weight excluding hydrogens is 452 g/mol. The number of hydrogen-bond donors (Lipinski definition) is 1. The molecule has 1 N–H and O–H groups in total. The summed E-state index contributed by atoms with van der Waals surface area (Å²) < 4.78 is 0. The van der Waals surface area contributed by atoms with Crippen LogP contribution in [0.25, 0.3) is 10.8 Å². The Labute approximate surface area is 213 Å². The highest BCUT2D eigenvalue weighted by atomic mass is 32.2. The van der Waals surface area contributed by atoms with E-state index in [1.807, 2.05) is 30.2 Å². The first kappa shape index (κ1) is 24.2. The molecule has 2 aromatic heterocycles. The van der Waals surface area contributed by atoms with Crippen LogP contribution in [0.2, 0.25) is 0 Å². The number of piperidine rings is 1. The zero-order valence-electron chi connectivity index (χ0n) is 21.7. The molecule has 4 heterocycles. The first-order valence-corrected chi connectivity index (χ1v) is 14.3. The minimum absolute atomic E-state index is 0.441. The molecule has 2 atom stereocenters. The van der Waals surface area contributed by atoms with Crippen molar-refractivity contribution in [3.05, 3.63) is 42.2 Å². The van der Waals surface area contributed by atoms with Crippen molar-refractivity contribution in [3.63, 3.8) is 0 Å². The highest BCUT2D eigenvalue weighted by Crippen LogP contribution is 2.37. The van der Waals surface area contributed by atoms with Crippen molar-refractivity contribution in [2.24, 2.45) is 17.8 Å². The van der Waals surface area contributed by atoms with Gasteiger partial charge in [-0.1, -0.05) is 33.8 Å². The van der Waals surface area contributed by atoms with E-state index in [0.29, 0.717) is 11.8 Å². The summed E-state index contributed by atoms with van der Waals surface area (Å²) >= 11 is 1.94. The van der Waals surface area contributed by atoms with Gasteiger partial charge in [0.15, 0.2) is 0 Å². The topological polar surface area (TPSA) is 57.2 Å². The molecular formula is C28H38N6S. The maximum atomic E-state index is 4.84. The van der Waals surface area contributed by atoms with E-state index in [9.17, 15) is 0 Å². The number of aromatic nitrogens is 3. The van der Waals surface area contributed by atoms with Gasteiger partial charge in [-0.15, -0.1) is 0 Å². The van der Waals surface area contributed by atoms with Gasteiger partial charge < -0.3 is 15.1 Å². The van der Waals surface area contributed by atoms with Crippen LogP contribution in [0.15, 0.2) is 36.7 Å². The molecule has 5 rings (SSSR count). The minimum atomic E-state index is 0.441. The molecule has 2 aliphatic rings. The summed E-state index contributed by atoms with van der Waals surface area (Å²) in [5.74, 6) is 6.29. The number of fused-ring (bicyclic) bond motifs is 1. The Morgan fingerprint density at radius 2 is 1.83 bits per heavy atom. The third kappa shape index (κ3) is 5.06. The maximum absolute atomic E-state index is 4.84. The summed E-state index contributed by atoms with van der Waals surface area (Å²) in [6, 6.07) is 8.71. The molecule has 0 bridgehead atoms. The number of hydrogen-bond acceptors (Lipinski definition) is 7. The van der Waals surface area contributed by atoms with E-state index in [1.54, 1.807) is 0 Å². The van der Waals surface area contributed by atoms with Crippen LogP contribution in [0.3, 0.4) is 0 Å². The van der Waals surface area contributed by atoms with Crippen molar-refractivity contribution in [2.75, 3.05) is 53.3 Å². The van der Waals surface area contributed by atoms with Gasteiger partial charge >= 0.3 is 0 Å². The van der Waals surface area contributed by atoms with E-state index < -0.39 is 0 Å². The molecule has 0 saturated carbocycles. The van der Waals surface area contributed by atoms with Gasteiger partial charge in [0, 0.05) is 55.6 Å².